The molecule has 2 aromatic carbocycles. The van der Waals surface area contributed by atoms with Gasteiger partial charge in [-0.3, -0.25) is 0 Å². The van der Waals surface area contributed by atoms with Crippen LogP contribution in [0.25, 0.3) is 11.0 Å². The Morgan fingerprint density at radius 3 is 1.42 bits per heavy atom. The second-order valence-electron chi connectivity index (χ2n) is 5.61. The lowest BCUT2D eigenvalue weighted by molar-refractivity contribution is 0.277. The Kier molecular flexibility index (Phi) is 4.64. The molecule has 0 N–H and O–H groups in total. The number of aromatic nitrogens is 4. The fraction of sp³-hybridized carbons (Fsp3) is 0.100. The molecule has 2 aromatic heterocycles. The molecular formula is C20H16N4O2. The normalized spacial score (nSPS) is 10.6. The molecule has 4 aromatic rings. The number of hydrogen-bond acceptors (Lipinski definition) is 6. The Labute approximate surface area is 150 Å². The van der Waals surface area contributed by atoms with E-state index in [1.54, 1.807) is 12.4 Å². The average Bonchev–Trinajstić information content (AvgIpc) is 2.72. The van der Waals surface area contributed by atoms with Crippen LogP contribution in [-0.2, 0) is 13.2 Å². The second-order valence-corrected chi connectivity index (χ2v) is 5.61. The second kappa shape index (κ2) is 7.57. The zero-order valence-corrected chi connectivity index (χ0v) is 13.9. The van der Waals surface area contributed by atoms with Crippen LogP contribution in [0.15, 0.2) is 73.1 Å². The van der Waals surface area contributed by atoms with E-state index < -0.39 is 0 Å². The van der Waals surface area contributed by atoms with E-state index in [0.717, 1.165) is 11.1 Å². The molecule has 0 aliphatic carbocycles. The molecule has 0 saturated carbocycles. The van der Waals surface area contributed by atoms with Crippen molar-refractivity contribution in [2.24, 2.45) is 0 Å². The topological polar surface area (TPSA) is 70.0 Å². The van der Waals surface area contributed by atoms with Gasteiger partial charge >= 0.3 is 0 Å². The molecule has 0 aliphatic rings. The molecule has 0 bridgehead atoms. The number of hydrogen-bond donors (Lipinski definition) is 0. The number of fused-ring (bicyclic) bond motifs is 1. The van der Waals surface area contributed by atoms with Gasteiger partial charge in [-0.2, -0.15) is 0 Å². The Balaban J connectivity index is 1.57. The van der Waals surface area contributed by atoms with Crippen molar-refractivity contribution in [2.75, 3.05) is 0 Å². The fourth-order valence-corrected chi connectivity index (χ4v) is 2.48. The van der Waals surface area contributed by atoms with Gasteiger partial charge in [0.05, 0.1) is 0 Å². The molecule has 0 atom stereocenters. The third-order valence-corrected chi connectivity index (χ3v) is 3.77. The van der Waals surface area contributed by atoms with E-state index in [4.69, 9.17) is 9.47 Å². The maximum Gasteiger partial charge on any atom is 0.262 e. The predicted molar refractivity (Wildman–Crippen MR) is 96.7 cm³/mol. The summed E-state index contributed by atoms with van der Waals surface area (Å²) in [6.45, 7) is 0.761. The molecule has 4 rings (SSSR count). The van der Waals surface area contributed by atoms with Crippen LogP contribution in [0.2, 0.25) is 0 Å². The average molecular weight is 344 g/mol. The summed E-state index contributed by atoms with van der Waals surface area (Å²) >= 11 is 0. The minimum Gasteiger partial charge on any atom is -0.470 e. The van der Waals surface area contributed by atoms with Crippen molar-refractivity contribution in [3.63, 3.8) is 0 Å². The molecule has 0 amide bonds. The molecular weight excluding hydrogens is 328 g/mol. The highest BCUT2D eigenvalue weighted by atomic mass is 16.5. The molecule has 0 saturated heterocycles. The van der Waals surface area contributed by atoms with Crippen molar-refractivity contribution < 1.29 is 9.47 Å². The zero-order valence-electron chi connectivity index (χ0n) is 13.9. The molecule has 26 heavy (non-hydrogen) atoms. The fourth-order valence-electron chi connectivity index (χ4n) is 2.48. The van der Waals surface area contributed by atoms with Gasteiger partial charge in [-0.25, -0.2) is 9.97 Å². The lowest BCUT2D eigenvalue weighted by atomic mass is 10.2. The van der Waals surface area contributed by atoms with Crippen molar-refractivity contribution in [1.82, 2.24) is 20.2 Å². The molecule has 0 spiro atoms. The summed E-state index contributed by atoms with van der Waals surface area (Å²) in [5.74, 6) is 0.674. The van der Waals surface area contributed by atoms with E-state index >= 15 is 0 Å². The van der Waals surface area contributed by atoms with Crippen LogP contribution in [0.1, 0.15) is 11.1 Å². The van der Waals surface area contributed by atoms with Gasteiger partial charge in [0.2, 0.25) is 0 Å². The summed E-state index contributed by atoms with van der Waals surface area (Å²) in [4.78, 5) is 8.68. The minimum atomic E-state index is 0.337. The van der Waals surface area contributed by atoms with E-state index in [2.05, 4.69) is 20.2 Å². The Morgan fingerprint density at radius 1 is 0.577 bits per heavy atom. The highest BCUT2D eigenvalue weighted by Crippen LogP contribution is 2.26. The molecule has 6 heteroatoms. The van der Waals surface area contributed by atoms with Crippen LogP contribution in [0.4, 0.5) is 0 Å². The van der Waals surface area contributed by atoms with Crippen molar-refractivity contribution in [1.29, 1.82) is 0 Å². The first-order chi connectivity index (χ1) is 12.9. The van der Waals surface area contributed by atoms with Crippen molar-refractivity contribution in [2.45, 2.75) is 13.2 Å². The van der Waals surface area contributed by atoms with Crippen LogP contribution in [0, 0.1) is 0 Å². The minimum absolute atomic E-state index is 0.337. The predicted octanol–water partition coefficient (Wildman–Crippen LogP) is 3.58. The summed E-state index contributed by atoms with van der Waals surface area (Å²) in [7, 11) is 0. The monoisotopic (exact) mass is 344 g/mol. The molecule has 0 radical (unpaired) electrons. The zero-order chi connectivity index (χ0) is 17.6. The third kappa shape index (κ3) is 3.59. The Hall–Kier alpha value is -3.54. The first-order valence-corrected chi connectivity index (χ1v) is 8.21. The quantitative estimate of drug-likeness (QED) is 0.532. The van der Waals surface area contributed by atoms with Gasteiger partial charge < -0.3 is 9.47 Å². The van der Waals surface area contributed by atoms with Crippen molar-refractivity contribution in [3.8, 4) is 11.8 Å². The highest BCUT2D eigenvalue weighted by molar-refractivity contribution is 5.82. The Bertz CT molecular complexity index is 912. The van der Waals surface area contributed by atoms with Gasteiger partial charge in [-0.15, -0.1) is 10.2 Å². The smallest absolute Gasteiger partial charge is 0.262 e. The molecule has 2 heterocycles. The molecule has 0 unspecified atom stereocenters. The van der Waals surface area contributed by atoms with Gasteiger partial charge in [0, 0.05) is 12.4 Å². The summed E-state index contributed by atoms with van der Waals surface area (Å²) in [5.41, 5.74) is 3.13. The van der Waals surface area contributed by atoms with Crippen LogP contribution in [0.5, 0.6) is 11.8 Å². The molecule has 128 valence electrons. The van der Waals surface area contributed by atoms with E-state index in [1.807, 2.05) is 60.7 Å². The van der Waals surface area contributed by atoms with E-state index in [9.17, 15) is 0 Å². The van der Waals surface area contributed by atoms with Crippen LogP contribution < -0.4 is 9.47 Å². The largest absolute Gasteiger partial charge is 0.470 e. The number of nitrogens with zero attached hydrogens (tertiary/aromatic N) is 4. The molecule has 0 fully saturated rings. The van der Waals surface area contributed by atoms with Gasteiger partial charge in [-0.1, -0.05) is 60.7 Å². The first-order valence-electron chi connectivity index (χ1n) is 8.21. The van der Waals surface area contributed by atoms with Crippen molar-refractivity contribution >= 4 is 11.0 Å². The molecule has 0 aliphatic heterocycles. The maximum absolute atomic E-state index is 5.79. The van der Waals surface area contributed by atoms with Crippen LogP contribution in [0.3, 0.4) is 0 Å². The standard InChI is InChI=1S/C20H16N4O2/c1-3-7-15(8-4-1)13-25-19-17-18(22-12-11-21-17)20(24-23-19)26-14-16-9-5-2-6-10-16/h1-12H,13-14H2. The maximum atomic E-state index is 5.79. The van der Waals surface area contributed by atoms with Gasteiger partial charge in [0.25, 0.3) is 11.8 Å². The summed E-state index contributed by atoms with van der Waals surface area (Å²) < 4.78 is 11.6. The van der Waals surface area contributed by atoms with Gasteiger partial charge in [0.1, 0.15) is 13.2 Å². The van der Waals surface area contributed by atoms with Gasteiger partial charge in [-0.05, 0) is 11.1 Å². The SMILES string of the molecule is c1ccc(COc2nnc(OCc3ccccc3)c3nccnc23)cc1. The summed E-state index contributed by atoms with van der Waals surface area (Å²) in [6, 6.07) is 19.7. The Morgan fingerprint density at radius 2 is 1.00 bits per heavy atom. The van der Waals surface area contributed by atoms with E-state index in [0.29, 0.717) is 36.0 Å². The van der Waals surface area contributed by atoms with Gasteiger partial charge in [0.15, 0.2) is 11.0 Å². The lowest BCUT2D eigenvalue weighted by Crippen LogP contribution is -2.04. The highest BCUT2D eigenvalue weighted by Gasteiger charge is 2.14. The van der Waals surface area contributed by atoms with E-state index in [-0.39, 0.29) is 0 Å². The number of rotatable bonds is 6. The van der Waals surface area contributed by atoms with Crippen LogP contribution in [-0.4, -0.2) is 20.2 Å². The summed E-state index contributed by atoms with van der Waals surface area (Å²) in [6.07, 6.45) is 3.20. The lowest BCUT2D eigenvalue weighted by Gasteiger charge is -2.10. The number of ether oxygens (including phenoxy) is 2. The van der Waals surface area contributed by atoms with Crippen LogP contribution >= 0.6 is 0 Å². The third-order valence-electron chi connectivity index (χ3n) is 3.77. The number of benzene rings is 2. The molecule has 6 nitrogen and oxygen atoms in total. The van der Waals surface area contributed by atoms with E-state index in [1.165, 1.54) is 0 Å². The summed E-state index contributed by atoms with van der Waals surface area (Å²) in [5, 5.41) is 8.27. The first kappa shape index (κ1) is 16.0. The van der Waals surface area contributed by atoms with Crippen molar-refractivity contribution in [3.05, 3.63) is 84.2 Å².